The summed E-state index contributed by atoms with van der Waals surface area (Å²) >= 11 is 0. The van der Waals surface area contributed by atoms with Crippen LogP contribution in [0.2, 0.25) is 0 Å². The van der Waals surface area contributed by atoms with Gasteiger partial charge in [-0.1, -0.05) is 23.4 Å². The van der Waals surface area contributed by atoms with E-state index in [1.807, 2.05) is 19.1 Å². The molecule has 0 aliphatic carbocycles. The number of aliphatic imine (C=N–C) groups is 1. The van der Waals surface area contributed by atoms with Gasteiger partial charge in [0.1, 0.15) is 11.4 Å². The normalized spacial score (nSPS) is 11.9. The van der Waals surface area contributed by atoms with Crippen molar-refractivity contribution in [3.8, 4) is 17.3 Å². The average Bonchev–Trinajstić information content (AvgIpc) is 3.26. The topological polar surface area (TPSA) is 97.5 Å². The molecule has 11 heteroatoms. The van der Waals surface area contributed by atoms with E-state index in [1.165, 1.54) is 12.1 Å². The third kappa shape index (κ3) is 7.56. The molecule has 3 rings (SSSR count). The van der Waals surface area contributed by atoms with Crippen molar-refractivity contribution in [1.29, 1.82) is 0 Å². The lowest BCUT2D eigenvalue weighted by atomic mass is 10.2. The molecule has 0 fully saturated rings. The van der Waals surface area contributed by atoms with E-state index in [9.17, 15) is 13.2 Å². The summed E-state index contributed by atoms with van der Waals surface area (Å²) < 4.78 is 46.6. The maximum atomic E-state index is 12.2. The summed E-state index contributed by atoms with van der Waals surface area (Å²) in [5.74, 6) is 1.66. The molecule has 0 aliphatic heterocycles. The molecule has 0 spiro atoms. The number of guanidine groups is 1. The third-order valence-corrected chi connectivity index (χ3v) is 4.08. The van der Waals surface area contributed by atoms with E-state index >= 15 is 0 Å². The molecule has 3 aromatic rings. The largest absolute Gasteiger partial charge is 0.484 e. The van der Waals surface area contributed by atoms with Gasteiger partial charge < -0.3 is 19.9 Å². The number of ether oxygens (including phenoxy) is 1. The van der Waals surface area contributed by atoms with Crippen molar-refractivity contribution in [3.63, 3.8) is 0 Å². The smallest absolute Gasteiger partial charge is 0.422 e. The van der Waals surface area contributed by atoms with Crippen LogP contribution < -0.4 is 15.4 Å². The maximum Gasteiger partial charge on any atom is 0.422 e. The molecule has 170 valence electrons. The Morgan fingerprint density at radius 3 is 2.62 bits per heavy atom. The van der Waals surface area contributed by atoms with E-state index in [-0.39, 0.29) is 5.75 Å². The molecule has 2 N–H and O–H groups in total. The highest BCUT2D eigenvalue weighted by molar-refractivity contribution is 5.79. The number of aromatic nitrogens is 3. The minimum absolute atomic E-state index is 0.158. The molecule has 0 saturated carbocycles. The lowest BCUT2D eigenvalue weighted by Gasteiger charge is -2.11. The molecular weight excluding hydrogens is 425 g/mol. The average molecular weight is 448 g/mol. The molecule has 0 atom stereocenters. The Labute approximate surface area is 182 Å². The number of nitrogens with zero attached hydrogens (tertiary/aromatic N) is 4. The molecule has 1 aromatic carbocycles. The minimum atomic E-state index is -4.36. The van der Waals surface area contributed by atoms with Gasteiger partial charge in [-0.15, -0.1) is 0 Å². The van der Waals surface area contributed by atoms with Gasteiger partial charge in [0.05, 0.1) is 6.54 Å². The summed E-state index contributed by atoms with van der Waals surface area (Å²) in [7, 11) is 0. The highest BCUT2D eigenvalue weighted by atomic mass is 19.4. The second-order valence-corrected chi connectivity index (χ2v) is 6.65. The van der Waals surface area contributed by atoms with Crippen molar-refractivity contribution in [1.82, 2.24) is 25.8 Å². The van der Waals surface area contributed by atoms with Crippen LogP contribution in [0.15, 0.2) is 58.2 Å². The molecule has 2 heterocycles. The molecule has 0 bridgehead atoms. The summed E-state index contributed by atoms with van der Waals surface area (Å²) in [5, 5.41) is 10.3. The number of benzene rings is 1. The first-order valence-corrected chi connectivity index (χ1v) is 9.97. The number of pyridine rings is 1. The number of alkyl halides is 3. The van der Waals surface area contributed by atoms with E-state index in [0.29, 0.717) is 49.4 Å². The Hall–Kier alpha value is -3.63. The van der Waals surface area contributed by atoms with Gasteiger partial charge in [0.2, 0.25) is 0 Å². The molecule has 0 radical (unpaired) electrons. The van der Waals surface area contributed by atoms with Crippen LogP contribution >= 0.6 is 0 Å². The number of rotatable bonds is 9. The molecule has 0 unspecified atom stereocenters. The second kappa shape index (κ2) is 11.1. The first kappa shape index (κ1) is 23.0. The Balaban J connectivity index is 1.49. The van der Waals surface area contributed by atoms with Crippen molar-refractivity contribution in [2.45, 2.75) is 26.1 Å². The number of halogens is 3. The standard InChI is InChI=1S/C21H23F3N6O2/c1-2-25-20(28-13-15-6-8-16(9-7-15)31-14-21(22,23)24)27-12-10-18-29-19(32-30-18)17-5-3-4-11-26-17/h3-9,11H,2,10,12-14H2,1H3,(H2,25,27,28). The predicted molar refractivity (Wildman–Crippen MR) is 112 cm³/mol. The maximum absolute atomic E-state index is 12.2. The lowest BCUT2D eigenvalue weighted by Crippen LogP contribution is -2.38. The number of nitrogens with one attached hydrogen (secondary N) is 2. The van der Waals surface area contributed by atoms with Crippen molar-refractivity contribution < 1.29 is 22.4 Å². The summed E-state index contributed by atoms with van der Waals surface area (Å²) in [6, 6.07) is 11.8. The summed E-state index contributed by atoms with van der Waals surface area (Å²) in [6.07, 6.45) is -2.19. The van der Waals surface area contributed by atoms with Crippen LogP contribution in [0.3, 0.4) is 0 Å². The van der Waals surface area contributed by atoms with Gasteiger partial charge in [-0.25, -0.2) is 4.99 Å². The quantitative estimate of drug-likeness (QED) is 0.383. The van der Waals surface area contributed by atoms with Gasteiger partial charge >= 0.3 is 6.18 Å². The lowest BCUT2D eigenvalue weighted by molar-refractivity contribution is -0.153. The molecule has 8 nitrogen and oxygen atoms in total. The molecule has 0 saturated heterocycles. The zero-order valence-electron chi connectivity index (χ0n) is 17.4. The summed E-state index contributed by atoms with van der Waals surface area (Å²) in [4.78, 5) is 13.0. The fourth-order valence-electron chi connectivity index (χ4n) is 2.61. The SMILES string of the molecule is CCNC(=NCc1ccc(OCC(F)(F)F)cc1)NCCc1noc(-c2ccccn2)n1. The van der Waals surface area contributed by atoms with Crippen molar-refractivity contribution in [3.05, 3.63) is 60.0 Å². The third-order valence-electron chi connectivity index (χ3n) is 4.08. The van der Waals surface area contributed by atoms with Crippen LogP contribution in [0.5, 0.6) is 5.75 Å². The monoisotopic (exact) mass is 448 g/mol. The van der Waals surface area contributed by atoms with Gasteiger partial charge in [0.25, 0.3) is 5.89 Å². The molecule has 0 amide bonds. The van der Waals surface area contributed by atoms with Crippen LogP contribution in [0.4, 0.5) is 13.2 Å². The second-order valence-electron chi connectivity index (χ2n) is 6.65. The fourth-order valence-corrected chi connectivity index (χ4v) is 2.61. The number of hydrogen-bond donors (Lipinski definition) is 2. The van der Waals surface area contributed by atoms with E-state index < -0.39 is 12.8 Å². The Morgan fingerprint density at radius 2 is 1.94 bits per heavy atom. The molecular formula is C21H23F3N6O2. The first-order valence-electron chi connectivity index (χ1n) is 9.97. The van der Waals surface area contributed by atoms with Gasteiger partial charge in [-0.2, -0.15) is 18.2 Å². The summed E-state index contributed by atoms with van der Waals surface area (Å²) in [6.45, 7) is 2.17. The zero-order valence-corrected chi connectivity index (χ0v) is 17.4. The van der Waals surface area contributed by atoms with Crippen LogP contribution in [-0.4, -0.2) is 47.0 Å². The van der Waals surface area contributed by atoms with Crippen LogP contribution in [0, 0.1) is 0 Å². The van der Waals surface area contributed by atoms with Crippen LogP contribution in [-0.2, 0) is 13.0 Å². The van der Waals surface area contributed by atoms with Gasteiger partial charge in [-0.05, 0) is 36.8 Å². The van der Waals surface area contributed by atoms with Crippen LogP contribution in [0.25, 0.3) is 11.6 Å². The van der Waals surface area contributed by atoms with Crippen molar-refractivity contribution >= 4 is 5.96 Å². The zero-order chi connectivity index (χ0) is 22.8. The van der Waals surface area contributed by atoms with E-state index in [1.54, 1.807) is 24.4 Å². The highest BCUT2D eigenvalue weighted by Gasteiger charge is 2.28. The van der Waals surface area contributed by atoms with E-state index in [4.69, 9.17) is 9.26 Å². The molecule has 0 aliphatic rings. The van der Waals surface area contributed by atoms with Gasteiger partial charge in [0.15, 0.2) is 18.4 Å². The Bertz CT molecular complexity index is 991. The Kier molecular flexibility index (Phi) is 8.01. The van der Waals surface area contributed by atoms with E-state index in [0.717, 1.165) is 5.56 Å². The van der Waals surface area contributed by atoms with Crippen LogP contribution in [0.1, 0.15) is 18.3 Å². The number of hydrogen-bond acceptors (Lipinski definition) is 6. The van der Waals surface area contributed by atoms with Crippen molar-refractivity contribution in [2.24, 2.45) is 4.99 Å². The fraction of sp³-hybridized carbons (Fsp3) is 0.333. The summed E-state index contributed by atoms with van der Waals surface area (Å²) in [5.41, 5.74) is 1.45. The van der Waals surface area contributed by atoms with Gasteiger partial charge in [-0.3, -0.25) is 4.98 Å². The first-order chi connectivity index (χ1) is 15.4. The van der Waals surface area contributed by atoms with Gasteiger partial charge in [0, 0.05) is 25.7 Å². The van der Waals surface area contributed by atoms with E-state index in [2.05, 4.69) is 30.8 Å². The Morgan fingerprint density at radius 1 is 1.12 bits per heavy atom. The highest BCUT2D eigenvalue weighted by Crippen LogP contribution is 2.19. The predicted octanol–water partition coefficient (Wildman–Crippen LogP) is 3.37. The minimum Gasteiger partial charge on any atom is -0.484 e. The van der Waals surface area contributed by atoms with Crippen molar-refractivity contribution in [2.75, 3.05) is 19.7 Å². The molecule has 2 aromatic heterocycles. The molecule has 32 heavy (non-hydrogen) atoms.